The lowest BCUT2D eigenvalue weighted by Gasteiger charge is -2.01. The quantitative estimate of drug-likeness (QED) is 0.515. The molecule has 0 aromatic carbocycles. The van der Waals surface area contributed by atoms with Gasteiger partial charge in [-0.3, -0.25) is 0 Å². The molecule has 0 amide bonds. The van der Waals surface area contributed by atoms with Gasteiger partial charge in [-0.1, -0.05) is 0 Å². The summed E-state index contributed by atoms with van der Waals surface area (Å²) in [5.41, 5.74) is 0. The average molecular weight is 145 g/mol. The Kier molecular flexibility index (Phi) is 1.82. The van der Waals surface area contributed by atoms with Crippen molar-refractivity contribution >= 4 is 19.6 Å². The van der Waals surface area contributed by atoms with E-state index in [1.165, 1.54) is 12.3 Å². The second kappa shape index (κ2) is 2.62. The van der Waals surface area contributed by atoms with Crippen molar-refractivity contribution in [3.05, 3.63) is 12.3 Å². The SMILES string of the molecule is O=C(O)C1=PNOC=C1. The van der Waals surface area contributed by atoms with Crippen molar-refractivity contribution in [2.75, 3.05) is 0 Å². The van der Waals surface area contributed by atoms with Crippen LogP contribution in [0.25, 0.3) is 0 Å². The van der Waals surface area contributed by atoms with Crippen LogP contribution in [-0.2, 0) is 9.63 Å². The molecule has 0 aromatic heterocycles. The number of rotatable bonds is 1. The van der Waals surface area contributed by atoms with Crippen LogP contribution in [0.2, 0.25) is 0 Å². The highest BCUT2D eigenvalue weighted by atomic mass is 31.1. The molecule has 0 bridgehead atoms. The van der Waals surface area contributed by atoms with Gasteiger partial charge in [0.2, 0.25) is 0 Å². The van der Waals surface area contributed by atoms with Crippen LogP contribution in [0.1, 0.15) is 0 Å². The Balaban J connectivity index is 2.69. The number of carboxylic acids is 1. The summed E-state index contributed by atoms with van der Waals surface area (Å²) in [4.78, 5) is 14.7. The number of carbonyl (C=O) groups is 1. The summed E-state index contributed by atoms with van der Waals surface area (Å²) >= 11 is 0. The van der Waals surface area contributed by atoms with Gasteiger partial charge in [0.15, 0.2) is 0 Å². The van der Waals surface area contributed by atoms with E-state index in [9.17, 15) is 4.79 Å². The Bertz CT molecular complexity index is 186. The van der Waals surface area contributed by atoms with E-state index < -0.39 is 5.97 Å². The molecule has 0 saturated heterocycles. The molecule has 0 radical (unpaired) electrons. The molecule has 4 nitrogen and oxygen atoms in total. The fourth-order valence-corrected chi connectivity index (χ4v) is 0.804. The molecular formula is C4H4NO3P. The van der Waals surface area contributed by atoms with E-state index in [1.807, 2.05) is 0 Å². The molecule has 5 heteroatoms. The zero-order chi connectivity index (χ0) is 6.69. The lowest BCUT2D eigenvalue weighted by Crippen LogP contribution is -2.13. The van der Waals surface area contributed by atoms with Gasteiger partial charge < -0.3 is 9.94 Å². The molecule has 0 atom stereocenters. The Morgan fingerprint density at radius 1 is 1.89 bits per heavy atom. The molecule has 2 N–H and O–H groups in total. The van der Waals surface area contributed by atoms with Crippen molar-refractivity contribution < 1.29 is 14.7 Å². The summed E-state index contributed by atoms with van der Waals surface area (Å²) < 4.78 is 0. The third kappa shape index (κ3) is 1.52. The van der Waals surface area contributed by atoms with Crippen LogP contribution in [-0.4, -0.2) is 16.4 Å². The Morgan fingerprint density at radius 3 is 3.00 bits per heavy atom. The predicted octanol–water partition coefficient (Wildman–Crippen LogP) is 0.153. The van der Waals surface area contributed by atoms with Gasteiger partial charge in [0, 0.05) is 8.35 Å². The molecule has 1 aliphatic rings. The summed E-state index contributed by atoms with van der Waals surface area (Å²) in [6.45, 7) is 0. The van der Waals surface area contributed by atoms with Crippen LogP contribution >= 0.6 is 8.35 Å². The van der Waals surface area contributed by atoms with Crippen LogP contribution in [0.15, 0.2) is 12.3 Å². The second-order valence-electron chi connectivity index (χ2n) is 1.31. The van der Waals surface area contributed by atoms with Crippen LogP contribution < -0.4 is 5.25 Å². The van der Waals surface area contributed by atoms with Gasteiger partial charge >= 0.3 is 5.97 Å². The van der Waals surface area contributed by atoms with Crippen molar-refractivity contribution in [2.45, 2.75) is 0 Å². The normalized spacial score (nSPS) is 18.0. The third-order valence-electron chi connectivity index (χ3n) is 0.732. The minimum absolute atomic E-state index is 0.279. The molecule has 0 saturated carbocycles. The maximum absolute atomic E-state index is 10.2. The van der Waals surface area contributed by atoms with E-state index in [-0.39, 0.29) is 5.29 Å². The summed E-state index contributed by atoms with van der Waals surface area (Å²) in [5.74, 6) is -0.927. The number of carboxylic acid groups (broad SMARTS) is 1. The lowest BCUT2D eigenvalue weighted by molar-refractivity contribution is -0.129. The van der Waals surface area contributed by atoms with Gasteiger partial charge in [0.25, 0.3) is 0 Å². The van der Waals surface area contributed by atoms with E-state index in [0.717, 1.165) is 0 Å². The first-order valence-electron chi connectivity index (χ1n) is 2.19. The smallest absolute Gasteiger partial charge is 0.341 e. The molecule has 1 heterocycles. The zero-order valence-corrected chi connectivity index (χ0v) is 5.26. The minimum atomic E-state index is -0.927. The standard InChI is InChI=1S/C4H4NO3P/c6-4(7)3-1-2-8-5-9-3/h1-2,5H,(H,6,7). The van der Waals surface area contributed by atoms with Crippen molar-refractivity contribution in [1.82, 2.24) is 5.25 Å². The molecule has 48 valence electrons. The van der Waals surface area contributed by atoms with E-state index in [4.69, 9.17) is 5.11 Å². The summed E-state index contributed by atoms with van der Waals surface area (Å²) in [6, 6.07) is 0. The first-order chi connectivity index (χ1) is 4.30. The monoisotopic (exact) mass is 145 g/mol. The van der Waals surface area contributed by atoms with Gasteiger partial charge in [-0.2, -0.15) is 0 Å². The first kappa shape index (κ1) is 6.26. The van der Waals surface area contributed by atoms with E-state index in [2.05, 4.69) is 10.1 Å². The number of hydrogen-bond donors (Lipinski definition) is 2. The molecule has 0 aromatic rings. The zero-order valence-electron chi connectivity index (χ0n) is 4.37. The Labute approximate surface area is 52.9 Å². The summed E-state index contributed by atoms with van der Waals surface area (Å²) in [6.07, 6.45) is 2.69. The van der Waals surface area contributed by atoms with Gasteiger partial charge in [-0.05, 0) is 6.08 Å². The lowest BCUT2D eigenvalue weighted by atomic mass is 10.4. The van der Waals surface area contributed by atoms with Crippen molar-refractivity contribution in [1.29, 1.82) is 0 Å². The minimum Gasteiger partial charge on any atom is -0.477 e. The van der Waals surface area contributed by atoms with Crippen LogP contribution in [0, 0.1) is 0 Å². The number of nitrogens with one attached hydrogen (secondary N) is 1. The molecule has 0 aliphatic carbocycles. The van der Waals surface area contributed by atoms with Gasteiger partial charge in [0.05, 0.1) is 0 Å². The first-order valence-corrected chi connectivity index (χ1v) is 3.08. The fraction of sp³-hybridized carbons (Fsp3) is 0. The highest BCUT2D eigenvalue weighted by molar-refractivity contribution is 7.42. The topological polar surface area (TPSA) is 58.6 Å². The highest BCUT2D eigenvalue weighted by Crippen LogP contribution is 2.01. The number of aliphatic carboxylic acids is 1. The van der Waals surface area contributed by atoms with Crippen LogP contribution in [0.4, 0.5) is 0 Å². The number of hydrogen-bond acceptors (Lipinski definition) is 3. The molecule has 9 heavy (non-hydrogen) atoms. The van der Waals surface area contributed by atoms with E-state index in [1.54, 1.807) is 0 Å². The molecule has 0 fully saturated rings. The van der Waals surface area contributed by atoms with Crippen LogP contribution in [0.3, 0.4) is 0 Å². The van der Waals surface area contributed by atoms with Crippen molar-refractivity contribution in [3.63, 3.8) is 0 Å². The molecular weight excluding hydrogens is 141 g/mol. The largest absolute Gasteiger partial charge is 0.477 e. The van der Waals surface area contributed by atoms with E-state index >= 15 is 0 Å². The van der Waals surface area contributed by atoms with Crippen LogP contribution in [0.5, 0.6) is 0 Å². The molecule has 0 unspecified atom stereocenters. The third-order valence-corrected chi connectivity index (χ3v) is 1.51. The van der Waals surface area contributed by atoms with Gasteiger partial charge in [-0.15, -0.1) is 5.25 Å². The maximum Gasteiger partial charge on any atom is 0.341 e. The highest BCUT2D eigenvalue weighted by Gasteiger charge is 2.05. The van der Waals surface area contributed by atoms with Gasteiger partial charge in [0.1, 0.15) is 11.6 Å². The Hall–Kier alpha value is -0.860. The summed E-state index contributed by atoms with van der Waals surface area (Å²) in [7, 11) is 0.480. The average Bonchev–Trinajstić information content (AvgIpc) is 1.90. The molecule has 1 rings (SSSR count). The summed E-state index contributed by atoms with van der Waals surface area (Å²) in [5, 5.41) is 11.0. The van der Waals surface area contributed by atoms with Gasteiger partial charge in [-0.25, -0.2) is 4.79 Å². The molecule has 1 aliphatic heterocycles. The Morgan fingerprint density at radius 2 is 2.67 bits per heavy atom. The van der Waals surface area contributed by atoms with E-state index in [0.29, 0.717) is 8.35 Å². The fourth-order valence-electron chi connectivity index (χ4n) is 0.361. The molecule has 0 spiro atoms. The van der Waals surface area contributed by atoms with Crippen molar-refractivity contribution in [3.8, 4) is 0 Å². The van der Waals surface area contributed by atoms with Crippen molar-refractivity contribution in [2.24, 2.45) is 0 Å². The maximum atomic E-state index is 10.2. The second-order valence-corrected chi connectivity index (χ2v) is 2.20. The predicted molar refractivity (Wildman–Crippen MR) is 32.9 cm³/mol.